The van der Waals surface area contributed by atoms with E-state index < -0.39 is 22.8 Å². The molecular weight excluding hydrogens is 280 g/mol. The minimum absolute atomic E-state index is 0.0317. The highest BCUT2D eigenvalue weighted by Gasteiger charge is 2.42. The van der Waals surface area contributed by atoms with Gasteiger partial charge in [0, 0.05) is 0 Å². The van der Waals surface area contributed by atoms with Crippen LogP contribution < -0.4 is 0 Å². The van der Waals surface area contributed by atoms with Gasteiger partial charge in [-0.25, -0.2) is 19.4 Å². The maximum atomic E-state index is 12.3. The van der Waals surface area contributed by atoms with Gasteiger partial charge in [-0.1, -0.05) is 62.5 Å². The zero-order valence-electron chi connectivity index (χ0n) is 13.4. The molecule has 4 unspecified atom stereocenters. The van der Waals surface area contributed by atoms with Crippen molar-refractivity contribution in [2.75, 3.05) is 0 Å². The molecule has 118 valence electrons. The molecule has 0 fully saturated rings. The largest absolute Gasteiger partial charge is 0.365 e. The molecule has 0 bridgehead atoms. The molecule has 4 heteroatoms. The zero-order chi connectivity index (χ0) is 16.4. The van der Waals surface area contributed by atoms with Gasteiger partial charge in [-0.15, -0.1) is 0 Å². The number of hydrogen-bond acceptors (Lipinski definition) is 4. The third kappa shape index (κ3) is 2.78. The van der Waals surface area contributed by atoms with Crippen LogP contribution in [0.5, 0.6) is 0 Å². The minimum Gasteiger partial charge on any atom is -0.246 e. The molecule has 2 rings (SSSR count). The van der Waals surface area contributed by atoms with Crippen molar-refractivity contribution in [3.8, 4) is 0 Å². The van der Waals surface area contributed by atoms with Crippen molar-refractivity contribution in [2.45, 2.75) is 27.7 Å². The van der Waals surface area contributed by atoms with Gasteiger partial charge in [-0.3, -0.25) is 0 Å². The van der Waals surface area contributed by atoms with Crippen LogP contribution in [0.3, 0.4) is 0 Å². The Morgan fingerprint density at radius 3 is 1.45 bits per heavy atom. The van der Waals surface area contributed by atoms with Crippen LogP contribution in [-0.4, -0.2) is 11.9 Å². The number of carbonyl (C=O) groups is 2. The van der Waals surface area contributed by atoms with E-state index in [2.05, 4.69) is 0 Å². The van der Waals surface area contributed by atoms with Crippen LogP contribution in [0, 0.1) is 22.7 Å². The molecule has 2 aliphatic rings. The Balaban J connectivity index is 2.01. The van der Waals surface area contributed by atoms with Gasteiger partial charge in [-0.05, 0) is 25.7 Å². The van der Waals surface area contributed by atoms with Crippen molar-refractivity contribution in [2.24, 2.45) is 22.7 Å². The first kappa shape index (κ1) is 16.3. The number of carbonyl (C=O) groups excluding carboxylic acids is 2. The molecule has 4 atom stereocenters. The molecule has 0 spiro atoms. The lowest BCUT2D eigenvalue weighted by molar-refractivity contribution is -0.271. The van der Waals surface area contributed by atoms with E-state index in [1.165, 1.54) is 0 Å². The molecular formula is C18H22O4. The zero-order valence-corrected chi connectivity index (χ0v) is 13.4. The molecule has 0 aromatic heterocycles. The lowest BCUT2D eigenvalue weighted by Gasteiger charge is -2.31. The maximum absolute atomic E-state index is 12.3. The summed E-state index contributed by atoms with van der Waals surface area (Å²) in [6.07, 6.45) is 14.7. The number of hydrogen-bond donors (Lipinski definition) is 0. The van der Waals surface area contributed by atoms with Crippen molar-refractivity contribution in [3.05, 3.63) is 48.6 Å². The Morgan fingerprint density at radius 2 is 1.14 bits per heavy atom. The Labute approximate surface area is 131 Å². The molecule has 0 saturated carbocycles. The molecule has 0 heterocycles. The normalized spacial score (nSPS) is 36.2. The second-order valence-corrected chi connectivity index (χ2v) is 6.37. The van der Waals surface area contributed by atoms with E-state index >= 15 is 0 Å². The fourth-order valence-corrected chi connectivity index (χ4v) is 2.44. The summed E-state index contributed by atoms with van der Waals surface area (Å²) in [5, 5.41) is 0. The molecule has 0 amide bonds. The Hall–Kier alpha value is -2.10. The predicted octanol–water partition coefficient (Wildman–Crippen LogP) is 3.52. The first-order chi connectivity index (χ1) is 10.3. The lowest BCUT2D eigenvalue weighted by atomic mass is 9.75. The highest BCUT2D eigenvalue weighted by molar-refractivity contribution is 5.83. The van der Waals surface area contributed by atoms with E-state index in [0.29, 0.717) is 0 Å². The van der Waals surface area contributed by atoms with Gasteiger partial charge in [0.2, 0.25) is 0 Å². The Kier molecular flexibility index (Phi) is 4.40. The van der Waals surface area contributed by atoms with Crippen molar-refractivity contribution in [1.82, 2.24) is 0 Å². The highest BCUT2D eigenvalue weighted by atomic mass is 17.2. The van der Waals surface area contributed by atoms with Gasteiger partial charge in [0.25, 0.3) is 0 Å². The molecule has 0 aromatic rings. The second-order valence-electron chi connectivity index (χ2n) is 6.37. The molecule has 0 N–H and O–H groups in total. The lowest BCUT2D eigenvalue weighted by Crippen LogP contribution is -2.38. The molecule has 0 radical (unpaired) electrons. The third-order valence-electron chi connectivity index (χ3n) is 4.87. The van der Waals surface area contributed by atoms with Crippen LogP contribution in [0.2, 0.25) is 0 Å². The van der Waals surface area contributed by atoms with E-state index in [9.17, 15) is 9.59 Å². The molecule has 0 aliphatic heterocycles. The van der Waals surface area contributed by atoms with E-state index in [1.54, 1.807) is 38.2 Å². The summed E-state index contributed by atoms with van der Waals surface area (Å²) in [5.74, 6) is -1.20. The molecule has 2 aliphatic carbocycles. The van der Waals surface area contributed by atoms with Crippen LogP contribution in [0.4, 0.5) is 0 Å². The summed E-state index contributed by atoms with van der Waals surface area (Å²) in [5.41, 5.74) is -1.66. The fraction of sp³-hybridized carbons (Fsp3) is 0.444. The SMILES string of the molecule is CC1C=CC=CC1(C)C(=O)OOC(=O)C1(C)C=CC=CC1C. The van der Waals surface area contributed by atoms with Gasteiger partial charge >= 0.3 is 11.9 Å². The molecule has 0 saturated heterocycles. The van der Waals surface area contributed by atoms with Gasteiger partial charge < -0.3 is 0 Å². The maximum Gasteiger partial charge on any atom is 0.365 e. The van der Waals surface area contributed by atoms with Crippen molar-refractivity contribution >= 4 is 11.9 Å². The highest BCUT2D eigenvalue weighted by Crippen LogP contribution is 2.36. The van der Waals surface area contributed by atoms with E-state index in [1.807, 2.05) is 38.2 Å². The second kappa shape index (κ2) is 5.95. The monoisotopic (exact) mass is 302 g/mol. The first-order valence-electron chi connectivity index (χ1n) is 7.46. The first-order valence-corrected chi connectivity index (χ1v) is 7.46. The molecule has 22 heavy (non-hydrogen) atoms. The van der Waals surface area contributed by atoms with Crippen LogP contribution >= 0.6 is 0 Å². The topological polar surface area (TPSA) is 52.6 Å². The third-order valence-corrected chi connectivity index (χ3v) is 4.87. The minimum atomic E-state index is -0.830. The average Bonchev–Trinajstić information content (AvgIpc) is 2.50. The van der Waals surface area contributed by atoms with Crippen molar-refractivity contribution in [1.29, 1.82) is 0 Å². The fourth-order valence-electron chi connectivity index (χ4n) is 2.44. The van der Waals surface area contributed by atoms with Gasteiger partial charge in [0.15, 0.2) is 0 Å². The quantitative estimate of drug-likeness (QED) is 0.578. The van der Waals surface area contributed by atoms with Gasteiger partial charge in [-0.2, -0.15) is 0 Å². The summed E-state index contributed by atoms with van der Waals surface area (Å²) >= 11 is 0. The van der Waals surface area contributed by atoms with Gasteiger partial charge in [0.05, 0.1) is 10.8 Å². The standard InChI is InChI=1S/C18H22O4/c1-13-9-5-7-11-17(13,3)15(19)21-22-16(20)18(4)12-8-6-10-14(18)2/h5-14H,1-4H3. The predicted molar refractivity (Wildman–Crippen MR) is 83.3 cm³/mol. The van der Waals surface area contributed by atoms with Crippen molar-refractivity contribution < 1.29 is 19.4 Å². The smallest absolute Gasteiger partial charge is 0.246 e. The Morgan fingerprint density at radius 1 is 0.773 bits per heavy atom. The van der Waals surface area contributed by atoms with Crippen LogP contribution in [0.1, 0.15) is 27.7 Å². The van der Waals surface area contributed by atoms with Crippen molar-refractivity contribution in [3.63, 3.8) is 0 Å². The van der Waals surface area contributed by atoms with Gasteiger partial charge in [0.1, 0.15) is 0 Å². The number of allylic oxidation sites excluding steroid dienone is 6. The van der Waals surface area contributed by atoms with Crippen LogP contribution in [0.15, 0.2) is 48.6 Å². The summed E-state index contributed by atoms with van der Waals surface area (Å²) in [6.45, 7) is 7.37. The van der Waals surface area contributed by atoms with E-state index in [-0.39, 0.29) is 11.8 Å². The van der Waals surface area contributed by atoms with E-state index in [0.717, 1.165) is 0 Å². The Bertz CT molecular complexity index is 532. The average molecular weight is 302 g/mol. The van der Waals surface area contributed by atoms with E-state index in [4.69, 9.17) is 9.78 Å². The summed E-state index contributed by atoms with van der Waals surface area (Å²) < 4.78 is 0. The molecule has 4 nitrogen and oxygen atoms in total. The number of rotatable bonds is 2. The summed E-state index contributed by atoms with van der Waals surface area (Å²) in [6, 6.07) is 0. The van der Waals surface area contributed by atoms with Crippen LogP contribution in [-0.2, 0) is 19.4 Å². The molecule has 0 aromatic carbocycles. The summed E-state index contributed by atoms with van der Waals surface area (Å²) in [4.78, 5) is 34.3. The van der Waals surface area contributed by atoms with Crippen LogP contribution in [0.25, 0.3) is 0 Å². The summed E-state index contributed by atoms with van der Waals surface area (Å²) in [7, 11) is 0.